The Hall–Kier alpha value is -1.60. The van der Waals surface area contributed by atoms with Gasteiger partial charge in [-0.15, -0.1) is 0 Å². The van der Waals surface area contributed by atoms with E-state index in [2.05, 4.69) is 9.44 Å². The van der Waals surface area contributed by atoms with Crippen LogP contribution in [0.15, 0.2) is 24.3 Å². The standard InChI is InChI=1S/C13H16N2O4S/c16-12(17)13(7-8-13)9-1-3-10(4-2-9)14-20(18,19)15-11-5-6-11/h1-4,11,14-15H,5-8H2,(H,16,17). The van der Waals surface area contributed by atoms with Crippen LogP contribution in [0.2, 0.25) is 0 Å². The fourth-order valence-electron chi connectivity index (χ4n) is 2.21. The van der Waals surface area contributed by atoms with Crippen molar-refractivity contribution in [1.82, 2.24) is 4.72 Å². The molecule has 1 aromatic carbocycles. The molecule has 0 amide bonds. The number of carboxylic acid groups (broad SMARTS) is 1. The maximum Gasteiger partial charge on any atom is 0.314 e. The van der Waals surface area contributed by atoms with Gasteiger partial charge in [-0.2, -0.15) is 13.1 Å². The molecule has 2 aliphatic rings. The molecular weight excluding hydrogens is 280 g/mol. The molecule has 3 N–H and O–H groups in total. The molecule has 2 aliphatic carbocycles. The van der Waals surface area contributed by atoms with Crippen LogP contribution in [-0.2, 0) is 20.4 Å². The van der Waals surface area contributed by atoms with Gasteiger partial charge in [-0.25, -0.2) is 0 Å². The molecule has 2 fully saturated rings. The first-order valence-corrected chi connectivity index (χ1v) is 8.04. The van der Waals surface area contributed by atoms with Crippen LogP contribution in [0.4, 0.5) is 5.69 Å². The van der Waals surface area contributed by atoms with Crippen LogP contribution in [-0.4, -0.2) is 25.5 Å². The van der Waals surface area contributed by atoms with E-state index in [1.165, 1.54) is 0 Å². The number of aliphatic carboxylic acids is 1. The summed E-state index contributed by atoms with van der Waals surface area (Å²) in [4.78, 5) is 11.2. The molecule has 2 saturated carbocycles. The monoisotopic (exact) mass is 296 g/mol. The quantitative estimate of drug-likeness (QED) is 0.735. The van der Waals surface area contributed by atoms with Crippen LogP contribution in [0.3, 0.4) is 0 Å². The van der Waals surface area contributed by atoms with E-state index < -0.39 is 21.6 Å². The molecule has 108 valence electrons. The number of rotatable bonds is 6. The van der Waals surface area contributed by atoms with Crippen LogP contribution in [0.5, 0.6) is 0 Å². The predicted octanol–water partition coefficient (Wildman–Crippen LogP) is 1.21. The Morgan fingerprint density at radius 1 is 1.20 bits per heavy atom. The van der Waals surface area contributed by atoms with Gasteiger partial charge in [0.25, 0.3) is 10.2 Å². The molecule has 1 aromatic rings. The Morgan fingerprint density at radius 2 is 1.80 bits per heavy atom. The molecule has 6 nitrogen and oxygen atoms in total. The summed E-state index contributed by atoms with van der Waals surface area (Å²) in [6.45, 7) is 0. The molecular formula is C13H16N2O4S. The molecule has 3 rings (SSSR count). The molecule has 0 spiro atoms. The normalized spacial score (nSPS) is 20.4. The summed E-state index contributed by atoms with van der Waals surface area (Å²) in [6.07, 6.45) is 3.02. The van der Waals surface area contributed by atoms with E-state index in [1.54, 1.807) is 24.3 Å². The topological polar surface area (TPSA) is 95.5 Å². The van der Waals surface area contributed by atoms with Gasteiger partial charge >= 0.3 is 5.97 Å². The van der Waals surface area contributed by atoms with E-state index in [-0.39, 0.29) is 6.04 Å². The number of hydrogen-bond donors (Lipinski definition) is 3. The van der Waals surface area contributed by atoms with Crippen LogP contribution >= 0.6 is 0 Å². The minimum absolute atomic E-state index is 0.0496. The van der Waals surface area contributed by atoms with Crippen LogP contribution in [0.25, 0.3) is 0 Å². The van der Waals surface area contributed by atoms with Crippen molar-refractivity contribution >= 4 is 21.9 Å². The van der Waals surface area contributed by atoms with Crippen molar-refractivity contribution < 1.29 is 18.3 Å². The number of anilines is 1. The van der Waals surface area contributed by atoms with Crippen LogP contribution < -0.4 is 9.44 Å². The smallest absolute Gasteiger partial charge is 0.314 e. The van der Waals surface area contributed by atoms with Gasteiger partial charge in [-0.1, -0.05) is 12.1 Å². The molecule has 20 heavy (non-hydrogen) atoms. The first-order chi connectivity index (χ1) is 9.41. The van der Waals surface area contributed by atoms with E-state index in [1.807, 2.05) is 0 Å². The zero-order valence-corrected chi connectivity index (χ0v) is 11.6. The fourth-order valence-corrected chi connectivity index (χ4v) is 3.39. The second kappa shape index (κ2) is 4.46. The molecule has 0 saturated heterocycles. The third kappa shape index (κ3) is 2.64. The minimum Gasteiger partial charge on any atom is -0.481 e. The Bertz CT molecular complexity index is 631. The summed E-state index contributed by atoms with van der Waals surface area (Å²) < 4.78 is 28.4. The highest BCUT2D eigenvalue weighted by Gasteiger charge is 2.51. The molecule has 0 bridgehead atoms. The lowest BCUT2D eigenvalue weighted by Gasteiger charge is -2.12. The van der Waals surface area contributed by atoms with E-state index in [4.69, 9.17) is 0 Å². The van der Waals surface area contributed by atoms with Gasteiger partial charge in [-0.3, -0.25) is 9.52 Å². The van der Waals surface area contributed by atoms with Gasteiger partial charge < -0.3 is 5.11 Å². The van der Waals surface area contributed by atoms with E-state index in [0.717, 1.165) is 18.4 Å². The van der Waals surface area contributed by atoms with Gasteiger partial charge in [0, 0.05) is 11.7 Å². The lowest BCUT2D eigenvalue weighted by Crippen LogP contribution is -2.31. The lowest BCUT2D eigenvalue weighted by atomic mass is 9.96. The number of carboxylic acids is 1. The summed E-state index contributed by atoms with van der Waals surface area (Å²) in [5.74, 6) is -0.818. The Balaban J connectivity index is 1.72. The summed E-state index contributed by atoms with van der Waals surface area (Å²) in [5, 5.41) is 9.20. The van der Waals surface area contributed by atoms with Gasteiger partial charge in [-0.05, 0) is 43.4 Å². The maximum absolute atomic E-state index is 11.7. The number of hydrogen-bond acceptors (Lipinski definition) is 3. The molecule has 0 radical (unpaired) electrons. The van der Waals surface area contributed by atoms with E-state index in [9.17, 15) is 18.3 Å². The Kier molecular flexibility index (Phi) is 2.98. The van der Waals surface area contributed by atoms with Gasteiger partial charge in [0.1, 0.15) is 0 Å². The average Bonchev–Trinajstić information content (AvgIpc) is 3.22. The highest BCUT2D eigenvalue weighted by Crippen LogP contribution is 2.48. The third-order valence-corrected chi connectivity index (χ3v) is 4.90. The molecule has 0 unspecified atom stereocenters. The van der Waals surface area contributed by atoms with E-state index >= 15 is 0 Å². The molecule has 0 atom stereocenters. The first-order valence-electron chi connectivity index (χ1n) is 6.55. The SMILES string of the molecule is O=C(O)C1(c2ccc(NS(=O)(=O)NC3CC3)cc2)CC1. The average molecular weight is 296 g/mol. The third-order valence-electron chi connectivity index (χ3n) is 3.75. The van der Waals surface area contributed by atoms with Crippen molar-refractivity contribution in [1.29, 1.82) is 0 Å². The lowest BCUT2D eigenvalue weighted by molar-refractivity contribution is -0.140. The summed E-state index contributed by atoms with van der Waals surface area (Å²) >= 11 is 0. The highest BCUT2D eigenvalue weighted by molar-refractivity contribution is 7.90. The van der Waals surface area contributed by atoms with Gasteiger partial charge in [0.15, 0.2) is 0 Å². The van der Waals surface area contributed by atoms with E-state index in [0.29, 0.717) is 18.5 Å². The largest absolute Gasteiger partial charge is 0.481 e. The second-order valence-electron chi connectivity index (χ2n) is 5.46. The fraction of sp³-hybridized carbons (Fsp3) is 0.462. The molecule has 0 heterocycles. The predicted molar refractivity (Wildman–Crippen MR) is 73.7 cm³/mol. The van der Waals surface area contributed by atoms with Crippen molar-refractivity contribution in [3.05, 3.63) is 29.8 Å². The van der Waals surface area contributed by atoms with Crippen molar-refractivity contribution in [2.24, 2.45) is 0 Å². The van der Waals surface area contributed by atoms with Crippen LogP contribution in [0, 0.1) is 0 Å². The zero-order chi connectivity index (χ0) is 14.4. The van der Waals surface area contributed by atoms with Gasteiger partial charge in [0.2, 0.25) is 0 Å². The van der Waals surface area contributed by atoms with Crippen molar-refractivity contribution in [3.63, 3.8) is 0 Å². The molecule has 7 heteroatoms. The van der Waals surface area contributed by atoms with Crippen molar-refractivity contribution in [3.8, 4) is 0 Å². The van der Waals surface area contributed by atoms with Crippen molar-refractivity contribution in [2.45, 2.75) is 37.1 Å². The number of benzene rings is 1. The Morgan fingerprint density at radius 3 is 2.25 bits per heavy atom. The summed E-state index contributed by atoms with van der Waals surface area (Å²) in [5.41, 5.74) is 0.398. The second-order valence-corrected chi connectivity index (χ2v) is 6.91. The zero-order valence-electron chi connectivity index (χ0n) is 10.8. The van der Waals surface area contributed by atoms with Gasteiger partial charge in [0.05, 0.1) is 5.41 Å². The maximum atomic E-state index is 11.7. The van der Waals surface area contributed by atoms with Crippen LogP contribution in [0.1, 0.15) is 31.2 Å². The number of nitrogens with one attached hydrogen (secondary N) is 2. The molecule has 0 aromatic heterocycles. The first kappa shape index (κ1) is 13.4. The summed E-state index contributed by atoms with van der Waals surface area (Å²) in [6, 6.07) is 6.61. The Labute approximate surface area is 117 Å². The van der Waals surface area contributed by atoms with Crippen molar-refractivity contribution in [2.75, 3.05) is 4.72 Å². The highest BCUT2D eigenvalue weighted by atomic mass is 32.2. The molecule has 0 aliphatic heterocycles. The minimum atomic E-state index is -3.54. The summed E-state index contributed by atoms with van der Waals surface area (Å²) in [7, 11) is -3.54. The number of carbonyl (C=O) groups is 1.